The van der Waals surface area contributed by atoms with Crippen LogP contribution in [-0.2, 0) is 14.3 Å². The summed E-state index contributed by atoms with van der Waals surface area (Å²) in [6.07, 6.45) is 2.47. The highest BCUT2D eigenvalue weighted by molar-refractivity contribution is 5.86. The van der Waals surface area contributed by atoms with Gasteiger partial charge >= 0.3 is 5.97 Å². The van der Waals surface area contributed by atoms with Gasteiger partial charge < -0.3 is 20.5 Å². The zero-order valence-electron chi connectivity index (χ0n) is 10.5. The number of carbonyl (C=O) groups is 2. The second-order valence-electron chi connectivity index (χ2n) is 5.21. The molecule has 0 radical (unpaired) electrons. The van der Waals surface area contributed by atoms with Crippen LogP contribution in [0.2, 0.25) is 0 Å². The van der Waals surface area contributed by atoms with Crippen molar-refractivity contribution >= 4 is 11.9 Å². The molecule has 1 heterocycles. The lowest BCUT2D eigenvalue weighted by atomic mass is 10.1. The number of aliphatic carboxylic acids is 1. The van der Waals surface area contributed by atoms with Crippen molar-refractivity contribution in [1.82, 2.24) is 4.90 Å². The quantitative estimate of drug-likeness (QED) is 0.730. The average molecular weight is 256 g/mol. The van der Waals surface area contributed by atoms with Gasteiger partial charge in [-0.2, -0.15) is 0 Å². The van der Waals surface area contributed by atoms with Crippen LogP contribution in [0.15, 0.2) is 0 Å². The molecule has 0 bridgehead atoms. The summed E-state index contributed by atoms with van der Waals surface area (Å²) in [4.78, 5) is 25.0. The summed E-state index contributed by atoms with van der Waals surface area (Å²) < 4.78 is 5.17. The van der Waals surface area contributed by atoms with Crippen LogP contribution in [0.25, 0.3) is 0 Å². The predicted molar refractivity (Wildman–Crippen MR) is 63.9 cm³/mol. The van der Waals surface area contributed by atoms with Crippen molar-refractivity contribution in [3.05, 3.63) is 0 Å². The minimum Gasteiger partial charge on any atom is -0.480 e. The lowest BCUT2D eigenvalue weighted by Crippen LogP contribution is -2.43. The molecule has 1 aliphatic heterocycles. The Morgan fingerprint density at radius 1 is 1.33 bits per heavy atom. The van der Waals surface area contributed by atoms with Crippen molar-refractivity contribution in [3.63, 3.8) is 0 Å². The predicted octanol–water partition coefficient (Wildman–Crippen LogP) is -0.186. The van der Waals surface area contributed by atoms with Gasteiger partial charge in [0.05, 0.1) is 6.10 Å². The van der Waals surface area contributed by atoms with E-state index in [1.165, 1.54) is 4.90 Å². The number of hydrogen-bond acceptors (Lipinski definition) is 4. The molecule has 1 amide bonds. The molecule has 2 rings (SSSR count). The molecule has 102 valence electrons. The van der Waals surface area contributed by atoms with Gasteiger partial charge in [-0.15, -0.1) is 0 Å². The van der Waals surface area contributed by atoms with Crippen LogP contribution in [0, 0.1) is 5.92 Å². The first-order chi connectivity index (χ1) is 8.52. The van der Waals surface area contributed by atoms with Crippen molar-refractivity contribution in [2.75, 3.05) is 13.7 Å². The molecule has 2 fully saturated rings. The highest BCUT2D eigenvalue weighted by Gasteiger charge is 2.42. The molecule has 1 aliphatic carbocycles. The van der Waals surface area contributed by atoms with E-state index in [0.717, 1.165) is 12.8 Å². The summed E-state index contributed by atoms with van der Waals surface area (Å²) in [5, 5.41) is 9.17. The van der Waals surface area contributed by atoms with Crippen LogP contribution in [-0.4, -0.2) is 53.7 Å². The number of methoxy groups -OCH3 is 1. The van der Waals surface area contributed by atoms with Gasteiger partial charge in [0, 0.05) is 32.0 Å². The van der Waals surface area contributed by atoms with E-state index >= 15 is 0 Å². The Labute approximate surface area is 106 Å². The summed E-state index contributed by atoms with van der Waals surface area (Å²) in [6.45, 7) is 0.373. The van der Waals surface area contributed by atoms with Gasteiger partial charge in [-0.05, 0) is 19.3 Å². The fraction of sp³-hybridized carbons (Fsp3) is 0.833. The van der Waals surface area contributed by atoms with Crippen LogP contribution >= 0.6 is 0 Å². The Morgan fingerprint density at radius 3 is 2.56 bits per heavy atom. The molecule has 4 atom stereocenters. The zero-order valence-corrected chi connectivity index (χ0v) is 10.5. The van der Waals surface area contributed by atoms with Crippen LogP contribution in [0.1, 0.15) is 25.7 Å². The maximum atomic E-state index is 12.3. The number of carbonyl (C=O) groups excluding carboxylic acids is 1. The van der Waals surface area contributed by atoms with Gasteiger partial charge in [0.15, 0.2) is 0 Å². The third-order valence-electron chi connectivity index (χ3n) is 3.99. The molecule has 6 nitrogen and oxygen atoms in total. The number of carboxylic acid groups (broad SMARTS) is 1. The summed E-state index contributed by atoms with van der Waals surface area (Å²) >= 11 is 0. The van der Waals surface area contributed by atoms with E-state index in [0.29, 0.717) is 19.4 Å². The standard InChI is InChI=1S/C12H20N2O4/c1-18-9-5-10(12(16)17)14(6-9)11(15)7-2-3-8(13)4-7/h7-10H,2-6,13H2,1H3,(H,16,17). The van der Waals surface area contributed by atoms with Gasteiger partial charge in [0.2, 0.25) is 5.91 Å². The van der Waals surface area contributed by atoms with Crippen molar-refractivity contribution in [2.24, 2.45) is 11.7 Å². The van der Waals surface area contributed by atoms with E-state index in [4.69, 9.17) is 15.6 Å². The fourth-order valence-electron chi connectivity index (χ4n) is 2.92. The number of likely N-dealkylation sites (tertiary alicyclic amines) is 1. The third-order valence-corrected chi connectivity index (χ3v) is 3.99. The smallest absolute Gasteiger partial charge is 0.326 e. The maximum Gasteiger partial charge on any atom is 0.326 e. The first-order valence-electron chi connectivity index (χ1n) is 6.34. The van der Waals surface area contributed by atoms with E-state index in [1.807, 2.05) is 0 Å². The van der Waals surface area contributed by atoms with Gasteiger partial charge in [-0.3, -0.25) is 4.79 Å². The maximum absolute atomic E-state index is 12.3. The van der Waals surface area contributed by atoms with Gasteiger partial charge in [-0.1, -0.05) is 0 Å². The normalized spacial score (nSPS) is 36.0. The Hall–Kier alpha value is -1.14. The SMILES string of the molecule is COC1CC(C(=O)O)N(C(=O)C2CCC(N)C2)C1. The van der Waals surface area contributed by atoms with Gasteiger partial charge in [-0.25, -0.2) is 4.79 Å². The number of carboxylic acids is 1. The second kappa shape index (κ2) is 5.24. The molecule has 1 saturated heterocycles. The topological polar surface area (TPSA) is 92.9 Å². The van der Waals surface area contributed by atoms with E-state index in [1.54, 1.807) is 7.11 Å². The van der Waals surface area contributed by atoms with Crippen LogP contribution in [0.4, 0.5) is 0 Å². The largest absolute Gasteiger partial charge is 0.480 e. The Morgan fingerprint density at radius 2 is 2.06 bits per heavy atom. The van der Waals surface area contributed by atoms with Crippen LogP contribution in [0.3, 0.4) is 0 Å². The average Bonchev–Trinajstić information content (AvgIpc) is 2.93. The number of nitrogens with zero attached hydrogens (tertiary/aromatic N) is 1. The van der Waals surface area contributed by atoms with Crippen molar-refractivity contribution in [2.45, 2.75) is 43.9 Å². The summed E-state index contributed by atoms with van der Waals surface area (Å²) in [5.74, 6) is -1.14. The highest BCUT2D eigenvalue weighted by atomic mass is 16.5. The molecule has 6 heteroatoms. The van der Waals surface area contributed by atoms with E-state index < -0.39 is 12.0 Å². The van der Waals surface area contributed by atoms with Gasteiger partial charge in [0.25, 0.3) is 0 Å². The van der Waals surface area contributed by atoms with Gasteiger partial charge in [0.1, 0.15) is 6.04 Å². The molecule has 0 aromatic heterocycles. The minimum absolute atomic E-state index is 0.0723. The highest BCUT2D eigenvalue weighted by Crippen LogP contribution is 2.30. The van der Waals surface area contributed by atoms with E-state index in [2.05, 4.69) is 0 Å². The summed E-state index contributed by atoms with van der Waals surface area (Å²) in [5.41, 5.74) is 5.80. The number of nitrogens with two attached hydrogens (primary N) is 1. The number of rotatable bonds is 3. The first kappa shape index (κ1) is 13.3. The van der Waals surface area contributed by atoms with Crippen molar-refractivity contribution < 1.29 is 19.4 Å². The molecule has 4 unspecified atom stereocenters. The van der Waals surface area contributed by atoms with E-state index in [9.17, 15) is 9.59 Å². The number of ether oxygens (including phenoxy) is 1. The third kappa shape index (κ3) is 2.49. The van der Waals surface area contributed by atoms with Crippen LogP contribution in [0.5, 0.6) is 0 Å². The number of hydrogen-bond donors (Lipinski definition) is 2. The second-order valence-corrected chi connectivity index (χ2v) is 5.21. The first-order valence-corrected chi connectivity index (χ1v) is 6.34. The Kier molecular flexibility index (Phi) is 3.87. The lowest BCUT2D eigenvalue weighted by molar-refractivity contribution is -0.149. The Bertz CT molecular complexity index is 347. The van der Waals surface area contributed by atoms with Crippen molar-refractivity contribution in [1.29, 1.82) is 0 Å². The lowest BCUT2D eigenvalue weighted by Gasteiger charge is -2.24. The summed E-state index contributed by atoms with van der Waals surface area (Å²) in [6, 6.07) is -0.678. The Balaban J connectivity index is 2.05. The summed E-state index contributed by atoms with van der Waals surface area (Å²) in [7, 11) is 1.54. The minimum atomic E-state index is -0.954. The number of amides is 1. The zero-order chi connectivity index (χ0) is 13.3. The molecule has 1 saturated carbocycles. The molecule has 0 spiro atoms. The van der Waals surface area contributed by atoms with Crippen molar-refractivity contribution in [3.8, 4) is 0 Å². The van der Waals surface area contributed by atoms with Crippen LogP contribution < -0.4 is 5.73 Å². The molecule has 3 N–H and O–H groups in total. The molecular weight excluding hydrogens is 236 g/mol. The molecule has 0 aromatic rings. The molecule has 18 heavy (non-hydrogen) atoms. The molecular formula is C12H20N2O4. The molecule has 2 aliphatic rings. The molecule has 0 aromatic carbocycles. The fourth-order valence-corrected chi connectivity index (χ4v) is 2.92. The monoisotopic (exact) mass is 256 g/mol. The van der Waals surface area contributed by atoms with E-state index in [-0.39, 0.29) is 24.0 Å².